The van der Waals surface area contributed by atoms with Gasteiger partial charge < -0.3 is 15.2 Å². The van der Waals surface area contributed by atoms with Crippen LogP contribution < -0.4 is 10.1 Å². The van der Waals surface area contributed by atoms with Crippen molar-refractivity contribution in [3.05, 3.63) is 29.8 Å². The first kappa shape index (κ1) is 18.0. The minimum Gasteiger partial charge on any atom is -0.482 e. The molecule has 0 atom stereocenters. The maximum atomic E-state index is 11.6. The summed E-state index contributed by atoms with van der Waals surface area (Å²) in [6.07, 6.45) is 0. The number of ether oxygens (including phenoxy) is 1. The van der Waals surface area contributed by atoms with Gasteiger partial charge in [0.1, 0.15) is 11.5 Å². The van der Waals surface area contributed by atoms with Crippen molar-refractivity contribution in [3.63, 3.8) is 0 Å². The van der Waals surface area contributed by atoms with E-state index in [2.05, 4.69) is 5.32 Å². The van der Waals surface area contributed by atoms with Crippen molar-refractivity contribution in [2.45, 2.75) is 25.6 Å². The Labute approximate surface area is 129 Å². The van der Waals surface area contributed by atoms with Crippen molar-refractivity contribution in [2.75, 3.05) is 12.4 Å². The molecule has 0 aliphatic rings. The van der Waals surface area contributed by atoms with Crippen molar-refractivity contribution in [2.24, 2.45) is 0 Å². The lowest BCUT2D eigenvalue weighted by atomic mass is 10.2. The first-order valence-electron chi connectivity index (χ1n) is 6.62. The van der Waals surface area contributed by atoms with Gasteiger partial charge in [-0.3, -0.25) is 4.79 Å². The fraction of sp³-hybridized carbons (Fsp3) is 0.429. The number of aliphatic carboxylic acids is 1. The van der Waals surface area contributed by atoms with E-state index in [4.69, 9.17) is 9.84 Å². The van der Waals surface area contributed by atoms with Crippen LogP contribution in [0.5, 0.6) is 5.75 Å². The molecule has 0 saturated carbocycles. The smallest absolute Gasteiger partial charge is 0.341 e. The molecule has 1 amide bonds. The van der Waals surface area contributed by atoms with Gasteiger partial charge >= 0.3 is 5.97 Å². The van der Waals surface area contributed by atoms with Gasteiger partial charge in [0.15, 0.2) is 16.4 Å². The van der Waals surface area contributed by atoms with Crippen LogP contribution in [0.25, 0.3) is 0 Å². The fourth-order valence-corrected chi connectivity index (χ4v) is 2.29. The molecule has 0 unspecified atom stereocenters. The van der Waals surface area contributed by atoms with Crippen LogP contribution in [0, 0.1) is 0 Å². The number of carboxylic acids is 1. The minimum absolute atomic E-state index is 0.136. The molecule has 1 aromatic carbocycles. The zero-order valence-electron chi connectivity index (χ0n) is 12.4. The molecular formula is C14H19NO6S. The Morgan fingerprint density at radius 1 is 1.32 bits per heavy atom. The fourth-order valence-electron chi connectivity index (χ4n) is 1.49. The van der Waals surface area contributed by atoms with Gasteiger partial charge in [-0.2, -0.15) is 0 Å². The second kappa shape index (κ2) is 7.79. The Morgan fingerprint density at radius 3 is 2.59 bits per heavy atom. The van der Waals surface area contributed by atoms with Crippen molar-refractivity contribution in [1.29, 1.82) is 0 Å². The molecule has 22 heavy (non-hydrogen) atoms. The molecule has 0 aliphatic heterocycles. The number of benzene rings is 1. The summed E-state index contributed by atoms with van der Waals surface area (Å²) in [7, 11) is -3.43. The molecule has 0 saturated heterocycles. The van der Waals surface area contributed by atoms with E-state index in [1.165, 1.54) is 13.8 Å². The van der Waals surface area contributed by atoms with Crippen LogP contribution in [-0.2, 0) is 26.0 Å². The predicted octanol–water partition coefficient (Wildman–Crippen LogP) is 0.589. The molecule has 0 aliphatic carbocycles. The third kappa shape index (κ3) is 6.13. The zero-order chi connectivity index (χ0) is 16.8. The van der Waals surface area contributed by atoms with E-state index in [1.807, 2.05) is 0 Å². The molecule has 0 radical (unpaired) electrons. The van der Waals surface area contributed by atoms with E-state index in [9.17, 15) is 18.0 Å². The summed E-state index contributed by atoms with van der Waals surface area (Å²) in [6.45, 7) is 2.72. The van der Waals surface area contributed by atoms with E-state index < -0.39 is 39.3 Å². The van der Waals surface area contributed by atoms with Crippen LogP contribution in [0.2, 0.25) is 0 Å². The molecule has 122 valence electrons. The monoisotopic (exact) mass is 329 g/mol. The van der Waals surface area contributed by atoms with Crippen LogP contribution in [0.3, 0.4) is 0 Å². The average molecular weight is 329 g/mol. The summed E-state index contributed by atoms with van der Waals surface area (Å²) >= 11 is 0. The van der Waals surface area contributed by atoms with Crippen molar-refractivity contribution in [3.8, 4) is 5.75 Å². The second-order valence-electron chi connectivity index (χ2n) is 4.96. The molecule has 2 N–H and O–H groups in total. The third-order valence-electron chi connectivity index (χ3n) is 2.80. The number of carbonyl (C=O) groups excluding carboxylic acids is 1. The first-order valence-corrected chi connectivity index (χ1v) is 8.34. The number of carboxylic acid groups (broad SMARTS) is 1. The van der Waals surface area contributed by atoms with Gasteiger partial charge in [0.2, 0.25) is 5.91 Å². The molecular weight excluding hydrogens is 310 g/mol. The van der Waals surface area contributed by atoms with Crippen molar-refractivity contribution in [1.82, 2.24) is 5.32 Å². The lowest BCUT2D eigenvalue weighted by molar-refractivity contribution is -0.139. The Morgan fingerprint density at radius 2 is 2.00 bits per heavy atom. The molecule has 8 heteroatoms. The van der Waals surface area contributed by atoms with Crippen LogP contribution >= 0.6 is 0 Å². The van der Waals surface area contributed by atoms with E-state index in [-0.39, 0.29) is 6.54 Å². The average Bonchev–Trinajstić information content (AvgIpc) is 2.43. The summed E-state index contributed by atoms with van der Waals surface area (Å²) in [4.78, 5) is 22.1. The summed E-state index contributed by atoms with van der Waals surface area (Å²) in [5, 5.41) is 10.4. The van der Waals surface area contributed by atoms with Crippen molar-refractivity contribution < 1.29 is 27.9 Å². The SMILES string of the molecule is CC(C)S(=O)(=O)CC(=O)NCc1cccc(OCC(=O)O)c1. The molecule has 0 fully saturated rings. The number of amides is 1. The van der Waals surface area contributed by atoms with Crippen LogP contribution in [0.1, 0.15) is 19.4 Å². The summed E-state index contributed by atoms with van der Waals surface area (Å²) in [5.74, 6) is -1.85. The van der Waals surface area contributed by atoms with Gasteiger partial charge in [0.25, 0.3) is 0 Å². The maximum Gasteiger partial charge on any atom is 0.341 e. The lowest BCUT2D eigenvalue weighted by Gasteiger charge is -2.09. The van der Waals surface area contributed by atoms with Gasteiger partial charge in [-0.15, -0.1) is 0 Å². The minimum atomic E-state index is -3.43. The van der Waals surface area contributed by atoms with E-state index >= 15 is 0 Å². The summed E-state index contributed by atoms with van der Waals surface area (Å²) in [6, 6.07) is 6.55. The van der Waals surface area contributed by atoms with Gasteiger partial charge in [-0.1, -0.05) is 12.1 Å². The molecule has 1 aromatic rings. The highest BCUT2D eigenvalue weighted by molar-refractivity contribution is 7.92. The van der Waals surface area contributed by atoms with Gasteiger partial charge in [-0.05, 0) is 31.5 Å². The number of hydrogen-bond acceptors (Lipinski definition) is 5. The topological polar surface area (TPSA) is 110 Å². The summed E-state index contributed by atoms with van der Waals surface area (Å²) < 4.78 is 28.3. The molecule has 0 spiro atoms. The highest BCUT2D eigenvalue weighted by Gasteiger charge is 2.20. The van der Waals surface area contributed by atoms with Crippen molar-refractivity contribution >= 4 is 21.7 Å². The Kier molecular flexibility index (Phi) is 6.36. The second-order valence-corrected chi connectivity index (χ2v) is 7.52. The third-order valence-corrected chi connectivity index (χ3v) is 4.90. The maximum absolute atomic E-state index is 11.6. The van der Waals surface area contributed by atoms with Gasteiger partial charge in [0, 0.05) is 6.54 Å². The lowest BCUT2D eigenvalue weighted by Crippen LogP contribution is -2.32. The Bertz CT molecular complexity index is 638. The molecule has 0 aromatic heterocycles. The predicted molar refractivity (Wildman–Crippen MR) is 80.3 cm³/mol. The zero-order valence-corrected chi connectivity index (χ0v) is 13.2. The van der Waals surface area contributed by atoms with Gasteiger partial charge in [0.05, 0.1) is 5.25 Å². The first-order chi connectivity index (χ1) is 10.2. The number of hydrogen-bond donors (Lipinski definition) is 2. The number of rotatable bonds is 8. The highest BCUT2D eigenvalue weighted by atomic mass is 32.2. The van der Waals surface area contributed by atoms with Crippen LogP contribution in [0.4, 0.5) is 0 Å². The number of nitrogens with one attached hydrogen (secondary N) is 1. The normalized spacial score (nSPS) is 11.2. The van der Waals surface area contributed by atoms with Gasteiger partial charge in [-0.25, -0.2) is 13.2 Å². The highest BCUT2D eigenvalue weighted by Crippen LogP contribution is 2.13. The van der Waals surface area contributed by atoms with E-state index in [0.717, 1.165) is 0 Å². The van der Waals surface area contributed by atoms with E-state index in [1.54, 1.807) is 24.3 Å². The molecule has 1 rings (SSSR count). The Hall–Kier alpha value is -2.09. The Balaban J connectivity index is 2.56. The standard InChI is InChI=1S/C14H19NO6S/c1-10(2)22(19,20)9-13(16)15-7-11-4-3-5-12(6-11)21-8-14(17)18/h3-6,10H,7-9H2,1-2H3,(H,15,16)(H,17,18). The molecule has 0 bridgehead atoms. The molecule has 0 heterocycles. The number of sulfone groups is 1. The quantitative estimate of drug-likeness (QED) is 0.722. The van der Waals surface area contributed by atoms with E-state index in [0.29, 0.717) is 11.3 Å². The number of carbonyl (C=O) groups is 2. The molecule has 7 nitrogen and oxygen atoms in total. The van der Waals surface area contributed by atoms with Crippen LogP contribution in [0.15, 0.2) is 24.3 Å². The largest absolute Gasteiger partial charge is 0.482 e. The summed E-state index contributed by atoms with van der Waals surface area (Å²) in [5.41, 5.74) is 0.679. The van der Waals surface area contributed by atoms with Crippen LogP contribution in [-0.4, -0.2) is 43.0 Å².